The minimum atomic E-state index is -3.61. The van der Waals surface area contributed by atoms with E-state index >= 15 is 0 Å². The van der Waals surface area contributed by atoms with Crippen LogP contribution >= 0.6 is 0 Å². The van der Waals surface area contributed by atoms with E-state index < -0.39 is 10.0 Å². The molecule has 0 radical (unpaired) electrons. The van der Waals surface area contributed by atoms with Crippen LogP contribution in [0.1, 0.15) is 55.4 Å². The van der Waals surface area contributed by atoms with E-state index in [9.17, 15) is 8.42 Å². The standard InChI is InChI=1S/C24H31N3O2S/c1-3-13-27(14-4-2)23-10-9-21-8-5-20(15-22(21)16-23)18-26-30(28,29)24-11-6-19(17-25)7-12-24/h5-8,11-12,15,23,26H,3-4,9-10,13-14,16,18H2,1-2H3. The molecule has 2 aromatic carbocycles. The fraction of sp³-hybridized carbons (Fsp3) is 0.458. The third-order valence-corrected chi connectivity index (χ3v) is 7.19. The Morgan fingerprint density at radius 3 is 2.40 bits per heavy atom. The molecule has 0 spiro atoms. The molecule has 0 amide bonds. The molecule has 0 saturated carbocycles. The van der Waals surface area contributed by atoms with Crippen LogP contribution < -0.4 is 4.72 Å². The molecule has 0 aromatic heterocycles. The van der Waals surface area contributed by atoms with Gasteiger partial charge in [0.05, 0.1) is 16.5 Å². The highest BCUT2D eigenvalue weighted by Gasteiger charge is 2.24. The summed E-state index contributed by atoms with van der Waals surface area (Å²) in [4.78, 5) is 2.79. The van der Waals surface area contributed by atoms with Crippen LogP contribution in [0.3, 0.4) is 0 Å². The Balaban J connectivity index is 1.69. The number of hydrogen-bond acceptors (Lipinski definition) is 4. The van der Waals surface area contributed by atoms with E-state index in [4.69, 9.17) is 5.26 Å². The molecule has 0 saturated heterocycles. The maximum absolute atomic E-state index is 12.6. The Labute approximate surface area is 180 Å². The summed E-state index contributed by atoms with van der Waals surface area (Å²) in [5, 5.41) is 8.87. The van der Waals surface area contributed by atoms with Gasteiger partial charge in [0.15, 0.2) is 0 Å². The van der Waals surface area contributed by atoms with Crippen molar-refractivity contribution in [3.8, 4) is 6.07 Å². The summed E-state index contributed by atoms with van der Waals surface area (Å²) in [6, 6.07) is 14.9. The van der Waals surface area contributed by atoms with Crippen molar-refractivity contribution in [2.45, 2.75) is 63.4 Å². The average molecular weight is 426 g/mol. The summed E-state index contributed by atoms with van der Waals surface area (Å²) < 4.78 is 27.8. The maximum atomic E-state index is 12.6. The summed E-state index contributed by atoms with van der Waals surface area (Å²) in [5.74, 6) is 0. The predicted octanol–water partition coefficient (Wildman–Crippen LogP) is 4.02. The van der Waals surface area contributed by atoms with Gasteiger partial charge >= 0.3 is 0 Å². The van der Waals surface area contributed by atoms with E-state index in [0.717, 1.165) is 31.5 Å². The maximum Gasteiger partial charge on any atom is 0.240 e. The molecule has 30 heavy (non-hydrogen) atoms. The first-order valence-electron chi connectivity index (χ1n) is 10.8. The number of hydrogen-bond donors (Lipinski definition) is 1. The first-order chi connectivity index (χ1) is 14.5. The molecule has 0 bridgehead atoms. The van der Waals surface area contributed by atoms with Crippen molar-refractivity contribution in [3.63, 3.8) is 0 Å². The number of nitrogens with one attached hydrogen (secondary N) is 1. The van der Waals surface area contributed by atoms with Gasteiger partial charge in [-0.25, -0.2) is 13.1 Å². The Bertz CT molecular complexity index is 988. The predicted molar refractivity (Wildman–Crippen MR) is 120 cm³/mol. The molecular formula is C24H31N3O2S. The molecule has 0 aliphatic heterocycles. The minimum absolute atomic E-state index is 0.175. The van der Waals surface area contributed by atoms with Gasteiger partial charge in [0.1, 0.15) is 0 Å². The van der Waals surface area contributed by atoms with E-state index in [1.54, 1.807) is 0 Å². The van der Waals surface area contributed by atoms with Crippen LogP contribution in [0, 0.1) is 11.3 Å². The molecule has 1 unspecified atom stereocenters. The Hall–Kier alpha value is -2.20. The van der Waals surface area contributed by atoms with Crippen LogP contribution in [0.4, 0.5) is 0 Å². The number of aryl methyl sites for hydroxylation is 1. The normalized spacial score (nSPS) is 16.3. The second-order valence-electron chi connectivity index (χ2n) is 8.00. The lowest BCUT2D eigenvalue weighted by atomic mass is 9.86. The van der Waals surface area contributed by atoms with Gasteiger partial charge in [0.2, 0.25) is 10.0 Å². The molecule has 160 valence electrons. The molecule has 3 rings (SSSR count). The number of fused-ring (bicyclic) bond motifs is 1. The third kappa shape index (κ3) is 5.48. The van der Waals surface area contributed by atoms with Crippen LogP contribution in [0.5, 0.6) is 0 Å². The zero-order valence-corrected chi connectivity index (χ0v) is 18.7. The number of nitriles is 1. The lowest BCUT2D eigenvalue weighted by Crippen LogP contribution is -2.40. The van der Waals surface area contributed by atoms with Gasteiger partial charge < -0.3 is 4.90 Å². The average Bonchev–Trinajstić information content (AvgIpc) is 2.77. The van der Waals surface area contributed by atoms with Crippen molar-refractivity contribution >= 4 is 10.0 Å². The molecule has 1 aliphatic carbocycles. The molecule has 0 fully saturated rings. The number of benzene rings is 2. The lowest BCUT2D eigenvalue weighted by Gasteiger charge is -2.35. The highest BCUT2D eigenvalue weighted by molar-refractivity contribution is 7.89. The summed E-state index contributed by atoms with van der Waals surface area (Å²) in [5.41, 5.74) is 4.15. The van der Waals surface area contributed by atoms with E-state index in [2.05, 4.69) is 35.6 Å². The van der Waals surface area contributed by atoms with Crippen molar-refractivity contribution in [2.75, 3.05) is 13.1 Å². The van der Waals surface area contributed by atoms with E-state index in [1.807, 2.05) is 12.1 Å². The Morgan fingerprint density at radius 2 is 1.77 bits per heavy atom. The van der Waals surface area contributed by atoms with Crippen molar-refractivity contribution < 1.29 is 8.42 Å². The summed E-state index contributed by atoms with van der Waals surface area (Å²) in [6.07, 6.45) is 5.64. The highest BCUT2D eigenvalue weighted by Crippen LogP contribution is 2.26. The fourth-order valence-electron chi connectivity index (χ4n) is 4.23. The van der Waals surface area contributed by atoms with E-state index in [-0.39, 0.29) is 11.4 Å². The van der Waals surface area contributed by atoms with Crippen molar-refractivity contribution in [3.05, 3.63) is 64.7 Å². The van der Waals surface area contributed by atoms with Crippen molar-refractivity contribution in [1.29, 1.82) is 5.26 Å². The number of sulfonamides is 1. The van der Waals surface area contributed by atoms with Gasteiger partial charge in [-0.2, -0.15) is 5.26 Å². The van der Waals surface area contributed by atoms with Crippen LogP contribution in [0.25, 0.3) is 0 Å². The number of rotatable bonds is 9. The topological polar surface area (TPSA) is 73.2 Å². The zero-order valence-electron chi connectivity index (χ0n) is 17.9. The molecule has 0 heterocycles. The highest BCUT2D eigenvalue weighted by atomic mass is 32.2. The second kappa shape index (κ2) is 10.2. The second-order valence-corrected chi connectivity index (χ2v) is 9.76. The molecule has 1 N–H and O–H groups in total. The fourth-order valence-corrected chi connectivity index (χ4v) is 5.25. The molecule has 1 atom stereocenters. The number of nitrogens with zero attached hydrogens (tertiary/aromatic N) is 2. The quantitative estimate of drug-likeness (QED) is 0.659. The minimum Gasteiger partial charge on any atom is -0.300 e. The van der Waals surface area contributed by atoms with E-state index in [0.29, 0.717) is 11.6 Å². The monoisotopic (exact) mass is 425 g/mol. The Morgan fingerprint density at radius 1 is 1.07 bits per heavy atom. The van der Waals surface area contributed by atoms with Crippen LogP contribution in [-0.2, 0) is 29.4 Å². The molecular weight excluding hydrogens is 394 g/mol. The SMILES string of the molecule is CCCN(CCC)C1CCc2ccc(CNS(=O)(=O)c3ccc(C#N)cc3)cc2C1. The van der Waals surface area contributed by atoms with Crippen molar-refractivity contribution in [1.82, 2.24) is 9.62 Å². The van der Waals surface area contributed by atoms with Gasteiger partial charge in [-0.05, 0) is 86.1 Å². The lowest BCUT2D eigenvalue weighted by molar-refractivity contribution is 0.180. The summed E-state index contributed by atoms with van der Waals surface area (Å²) >= 11 is 0. The summed E-state index contributed by atoms with van der Waals surface area (Å²) in [7, 11) is -3.61. The molecule has 5 nitrogen and oxygen atoms in total. The van der Waals surface area contributed by atoms with Crippen LogP contribution in [-0.4, -0.2) is 32.4 Å². The van der Waals surface area contributed by atoms with Gasteiger partial charge in [-0.3, -0.25) is 0 Å². The largest absolute Gasteiger partial charge is 0.300 e. The zero-order chi connectivity index (χ0) is 21.6. The third-order valence-electron chi connectivity index (χ3n) is 5.77. The first kappa shape index (κ1) is 22.5. The molecule has 1 aliphatic rings. The van der Waals surface area contributed by atoms with Gasteiger partial charge in [0, 0.05) is 12.6 Å². The first-order valence-corrected chi connectivity index (χ1v) is 12.3. The van der Waals surface area contributed by atoms with Gasteiger partial charge in [-0.1, -0.05) is 32.0 Å². The van der Waals surface area contributed by atoms with Gasteiger partial charge in [-0.15, -0.1) is 0 Å². The van der Waals surface area contributed by atoms with Gasteiger partial charge in [0.25, 0.3) is 0 Å². The van der Waals surface area contributed by atoms with Crippen LogP contribution in [0.2, 0.25) is 0 Å². The smallest absolute Gasteiger partial charge is 0.240 e. The Kier molecular flexibility index (Phi) is 7.65. The summed E-state index contributed by atoms with van der Waals surface area (Å²) in [6.45, 7) is 7.00. The van der Waals surface area contributed by atoms with E-state index in [1.165, 1.54) is 54.7 Å². The molecule has 6 heteroatoms. The molecule has 2 aromatic rings. The van der Waals surface area contributed by atoms with Crippen LogP contribution in [0.15, 0.2) is 47.4 Å². The van der Waals surface area contributed by atoms with Crippen molar-refractivity contribution in [2.24, 2.45) is 0 Å².